The van der Waals surface area contributed by atoms with Gasteiger partial charge in [-0.3, -0.25) is 4.31 Å². The van der Waals surface area contributed by atoms with Crippen molar-refractivity contribution in [1.29, 1.82) is 0 Å². The van der Waals surface area contributed by atoms with Crippen molar-refractivity contribution >= 4 is 37.6 Å². The Morgan fingerprint density at radius 1 is 1.45 bits per heavy atom. The zero-order chi connectivity index (χ0) is 14.5. The van der Waals surface area contributed by atoms with Crippen LogP contribution in [0.5, 0.6) is 0 Å². The molecule has 0 radical (unpaired) electrons. The van der Waals surface area contributed by atoms with E-state index in [4.69, 9.17) is 4.74 Å². The van der Waals surface area contributed by atoms with E-state index >= 15 is 0 Å². The van der Waals surface area contributed by atoms with Crippen LogP contribution in [0.3, 0.4) is 0 Å². The Balaban J connectivity index is 2.23. The summed E-state index contributed by atoms with van der Waals surface area (Å²) in [6.45, 7) is 2.29. The third-order valence-electron chi connectivity index (χ3n) is 3.39. The van der Waals surface area contributed by atoms with E-state index in [-0.39, 0.29) is 18.0 Å². The van der Waals surface area contributed by atoms with Gasteiger partial charge in [0.15, 0.2) is 0 Å². The van der Waals surface area contributed by atoms with Crippen LogP contribution in [0.25, 0.3) is 5.70 Å². The standard InChI is InChI=1S/C13H12BrNO4S/c1-2-19-13(16)10-5-6-15-12(10)9-4-3-8(14)7-11(9)20(15,17)18/h3-4,7H,2,5-6H2,1H3. The summed E-state index contributed by atoms with van der Waals surface area (Å²) in [6.07, 6.45) is 0.392. The van der Waals surface area contributed by atoms with Gasteiger partial charge in [-0.15, -0.1) is 0 Å². The molecule has 0 unspecified atom stereocenters. The van der Waals surface area contributed by atoms with Crippen molar-refractivity contribution in [3.63, 3.8) is 0 Å². The Labute approximate surface area is 125 Å². The molecule has 2 aliphatic heterocycles. The molecule has 3 rings (SSSR count). The normalized spacial score (nSPS) is 19.0. The topological polar surface area (TPSA) is 63.7 Å². The highest BCUT2D eigenvalue weighted by Gasteiger charge is 2.44. The lowest BCUT2D eigenvalue weighted by Gasteiger charge is -2.11. The largest absolute Gasteiger partial charge is 0.463 e. The Morgan fingerprint density at radius 2 is 2.20 bits per heavy atom. The molecule has 0 atom stereocenters. The summed E-state index contributed by atoms with van der Waals surface area (Å²) in [4.78, 5) is 12.2. The summed E-state index contributed by atoms with van der Waals surface area (Å²) >= 11 is 3.27. The number of hydrogen-bond donors (Lipinski definition) is 0. The minimum Gasteiger partial charge on any atom is -0.463 e. The van der Waals surface area contributed by atoms with Crippen molar-refractivity contribution < 1.29 is 17.9 Å². The van der Waals surface area contributed by atoms with E-state index in [0.717, 1.165) is 0 Å². The predicted molar refractivity (Wildman–Crippen MR) is 76.2 cm³/mol. The van der Waals surface area contributed by atoms with Crippen LogP contribution in [0.2, 0.25) is 0 Å². The van der Waals surface area contributed by atoms with Crippen LogP contribution >= 0.6 is 15.9 Å². The molecule has 2 heterocycles. The van der Waals surface area contributed by atoms with E-state index in [1.165, 1.54) is 4.31 Å². The molecule has 0 amide bonds. The molecule has 0 saturated carbocycles. The number of carbonyl (C=O) groups is 1. The van der Waals surface area contributed by atoms with Crippen molar-refractivity contribution in [1.82, 2.24) is 4.31 Å². The van der Waals surface area contributed by atoms with Crippen molar-refractivity contribution in [3.05, 3.63) is 33.8 Å². The molecule has 106 valence electrons. The fourth-order valence-electron chi connectivity index (χ4n) is 2.57. The Bertz CT molecular complexity index is 739. The second-order valence-electron chi connectivity index (χ2n) is 4.52. The Morgan fingerprint density at radius 3 is 2.90 bits per heavy atom. The van der Waals surface area contributed by atoms with E-state index in [2.05, 4.69) is 15.9 Å². The molecule has 20 heavy (non-hydrogen) atoms. The van der Waals surface area contributed by atoms with E-state index in [1.54, 1.807) is 25.1 Å². The van der Waals surface area contributed by atoms with Crippen molar-refractivity contribution in [2.45, 2.75) is 18.2 Å². The first-order valence-corrected chi connectivity index (χ1v) is 8.43. The van der Waals surface area contributed by atoms with E-state index in [1.807, 2.05) is 0 Å². The summed E-state index contributed by atoms with van der Waals surface area (Å²) in [6, 6.07) is 5.06. The molecule has 2 aliphatic rings. The first-order chi connectivity index (χ1) is 9.46. The molecule has 1 aromatic carbocycles. The molecular formula is C13H12BrNO4S. The number of carbonyl (C=O) groups excluding carboxylic acids is 1. The molecule has 0 aliphatic carbocycles. The third-order valence-corrected chi connectivity index (χ3v) is 5.72. The van der Waals surface area contributed by atoms with Crippen molar-refractivity contribution in [2.75, 3.05) is 13.2 Å². The van der Waals surface area contributed by atoms with Crippen LogP contribution in [0.4, 0.5) is 0 Å². The molecule has 0 fully saturated rings. The van der Waals surface area contributed by atoms with Gasteiger partial charge in [0.2, 0.25) is 0 Å². The number of sulfonamides is 1. The molecule has 0 N–H and O–H groups in total. The molecule has 0 bridgehead atoms. The lowest BCUT2D eigenvalue weighted by molar-refractivity contribution is -0.138. The summed E-state index contributed by atoms with van der Waals surface area (Å²) in [5, 5.41) is 0. The van der Waals surface area contributed by atoms with Crippen LogP contribution in [0.1, 0.15) is 18.9 Å². The van der Waals surface area contributed by atoms with Gasteiger partial charge in [0, 0.05) is 23.0 Å². The van der Waals surface area contributed by atoms with Crippen LogP contribution in [-0.4, -0.2) is 31.8 Å². The number of benzene rings is 1. The number of esters is 1. The second-order valence-corrected chi connectivity index (χ2v) is 7.26. The number of halogens is 1. The highest BCUT2D eigenvalue weighted by Crippen LogP contribution is 2.45. The predicted octanol–water partition coefficient (Wildman–Crippen LogP) is 2.13. The molecule has 1 aromatic rings. The summed E-state index contributed by atoms with van der Waals surface area (Å²) in [7, 11) is -3.55. The molecule has 0 aromatic heterocycles. The van der Waals surface area contributed by atoms with Crippen molar-refractivity contribution in [2.24, 2.45) is 0 Å². The number of hydrogen-bond acceptors (Lipinski definition) is 4. The number of rotatable bonds is 2. The number of fused-ring (bicyclic) bond motifs is 3. The molecular weight excluding hydrogens is 346 g/mol. The monoisotopic (exact) mass is 357 g/mol. The first-order valence-electron chi connectivity index (χ1n) is 6.19. The van der Waals surface area contributed by atoms with Gasteiger partial charge >= 0.3 is 5.97 Å². The van der Waals surface area contributed by atoms with Crippen LogP contribution in [-0.2, 0) is 19.6 Å². The van der Waals surface area contributed by atoms with Gasteiger partial charge in [-0.2, -0.15) is 0 Å². The zero-order valence-corrected chi connectivity index (χ0v) is 13.1. The highest BCUT2D eigenvalue weighted by molar-refractivity contribution is 9.10. The Hall–Kier alpha value is -1.34. The number of ether oxygens (including phenoxy) is 1. The van der Waals surface area contributed by atoms with E-state index in [9.17, 15) is 13.2 Å². The average Bonchev–Trinajstić information content (AvgIpc) is 2.91. The lowest BCUT2D eigenvalue weighted by Crippen LogP contribution is -2.21. The van der Waals surface area contributed by atoms with Crippen LogP contribution < -0.4 is 0 Å². The van der Waals surface area contributed by atoms with Gasteiger partial charge in [-0.05, 0) is 19.1 Å². The fourth-order valence-corrected chi connectivity index (χ4v) is 4.82. The van der Waals surface area contributed by atoms with Gasteiger partial charge in [-0.1, -0.05) is 22.0 Å². The Kier molecular flexibility index (Phi) is 3.13. The maximum atomic E-state index is 12.5. The smallest absolute Gasteiger partial charge is 0.336 e. The fraction of sp³-hybridized carbons (Fsp3) is 0.308. The van der Waals surface area contributed by atoms with Crippen LogP contribution in [0, 0.1) is 0 Å². The lowest BCUT2D eigenvalue weighted by atomic mass is 10.1. The SMILES string of the molecule is CCOC(=O)C1=C2c3ccc(Br)cc3S(=O)(=O)N2CC1. The molecule has 0 saturated heterocycles. The zero-order valence-electron chi connectivity index (χ0n) is 10.7. The summed E-state index contributed by atoms with van der Waals surface area (Å²) in [5.41, 5.74) is 1.50. The van der Waals surface area contributed by atoms with Gasteiger partial charge in [-0.25, -0.2) is 13.2 Å². The summed E-state index contributed by atoms with van der Waals surface area (Å²) < 4.78 is 31.9. The van der Waals surface area contributed by atoms with Gasteiger partial charge in [0.05, 0.1) is 22.8 Å². The van der Waals surface area contributed by atoms with Crippen LogP contribution in [0.15, 0.2) is 33.1 Å². The van der Waals surface area contributed by atoms with Crippen molar-refractivity contribution in [3.8, 4) is 0 Å². The maximum Gasteiger partial charge on any atom is 0.336 e. The van der Waals surface area contributed by atoms with Gasteiger partial charge in [0.25, 0.3) is 10.0 Å². The van der Waals surface area contributed by atoms with Gasteiger partial charge < -0.3 is 4.74 Å². The molecule has 5 nitrogen and oxygen atoms in total. The first kappa shape index (κ1) is 13.6. The minimum atomic E-state index is -3.55. The molecule has 0 spiro atoms. The average molecular weight is 358 g/mol. The third kappa shape index (κ3) is 1.80. The second kappa shape index (κ2) is 4.60. The van der Waals surface area contributed by atoms with E-state index < -0.39 is 16.0 Å². The van der Waals surface area contributed by atoms with E-state index in [0.29, 0.717) is 27.7 Å². The molecule has 7 heteroatoms. The van der Waals surface area contributed by atoms with Gasteiger partial charge in [0.1, 0.15) is 0 Å². The maximum absolute atomic E-state index is 12.5. The number of nitrogens with zero attached hydrogens (tertiary/aromatic N) is 1. The summed E-state index contributed by atoms with van der Waals surface area (Å²) in [5.74, 6) is -0.434. The highest BCUT2D eigenvalue weighted by atomic mass is 79.9. The quantitative estimate of drug-likeness (QED) is 0.760. The minimum absolute atomic E-state index is 0.239.